The molecule has 2 atom stereocenters. The van der Waals surface area contributed by atoms with Gasteiger partial charge in [-0.2, -0.15) is 13.2 Å². The molecule has 4 nitrogen and oxygen atoms in total. The minimum absolute atomic E-state index is 0.102. The third kappa shape index (κ3) is 2.67. The number of rotatable bonds is 3. The molecule has 2 heterocycles. The summed E-state index contributed by atoms with van der Waals surface area (Å²) in [6, 6.07) is 11.5. The van der Waals surface area contributed by atoms with Gasteiger partial charge in [0, 0.05) is 18.5 Å². The molecular weight excluding hydrogens is 345 g/mol. The summed E-state index contributed by atoms with van der Waals surface area (Å²) in [4.78, 5) is 29.9. The molecule has 2 aromatic rings. The zero-order valence-corrected chi connectivity index (χ0v) is 13.7. The molecule has 26 heavy (non-hydrogen) atoms. The van der Waals surface area contributed by atoms with Crippen molar-refractivity contribution in [3.05, 3.63) is 65.5 Å². The number of carbonyl (C=O) groups excluding carboxylic acids is 2. The van der Waals surface area contributed by atoms with Crippen LogP contribution in [-0.2, 0) is 22.3 Å². The number of nitrogens with zero attached hydrogens (tertiary/aromatic N) is 2. The fraction of sp³-hybridized carbons (Fsp3) is 0.316. The Hall–Kier alpha value is -2.70. The Balaban J connectivity index is 1.52. The van der Waals surface area contributed by atoms with Gasteiger partial charge in [-0.05, 0) is 23.6 Å². The van der Waals surface area contributed by atoms with Crippen LogP contribution >= 0.6 is 0 Å². The average Bonchev–Trinajstić information content (AvgIpc) is 3.29. The van der Waals surface area contributed by atoms with Gasteiger partial charge >= 0.3 is 6.18 Å². The molecule has 2 fully saturated rings. The summed E-state index contributed by atoms with van der Waals surface area (Å²) in [6.07, 6.45) is -2.76. The van der Waals surface area contributed by atoms with Gasteiger partial charge in [-0.3, -0.25) is 19.5 Å². The number of hydrogen-bond acceptors (Lipinski definition) is 3. The van der Waals surface area contributed by atoms with Gasteiger partial charge < -0.3 is 0 Å². The van der Waals surface area contributed by atoms with Crippen molar-refractivity contribution in [2.75, 3.05) is 0 Å². The number of halogens is 3. The average molecular weight is 360 g/mol. The largest absolute Gasteiger partial charge is 0.433 e. The van der Waals surface area contributed by atoms with E-state index < -0.39 is 17.3 Å². The van der Waals surface area contributed by atoms with E-state index in [1.54, 1.807) is 0 Å². The Morgan fingerprint density at radius 2 is 1.85 bits per heavy atom. The monoisotopic (exact) mass is 360 g/mol. The third-order valence-electron chi connectivity index (χ3n) is 5.18. The van der Waals surface area contributed by atoms with E-state index in [1.807, 2.05) is 30.3 Å². The van der Waals surface area contributed by atoms with Crippen molar-refractivity contribution >= 4 is 11.8 Å². The van der Waals surface area contributed by atoms with Gasteiger partial charge in [0.1, 0.15) is 5.69 Å². The Labute approximate surface area is 147 Å². The van der Waals surface area contributed by atoms with Crippen LogP contribution in [0.4, 0.5) is 13.2 Å². The first-order chi connectivity index (χ1) is 12.3. The minimum atomic E-state index is -4.49. The van der Waals surface area contributed by atoms with E-state index in [4.69, 9.17) is 0 Å². The molecule has 1 saturated carbocycles. The zero-order chi connectivity index (χ0) is 18.5. The first-order valence-electron chi connectivity index (χ1n) is 8.23. The molecule has 2 aliphatic rings. The molecule has 1 aliphatic heterocycles. The Bertz CT molecular complexity index is 865. The molecule has 2 unspecified atom stereocenters. The van der Waals surface area contributed by atoms with Crippen LogP contribution in [-0.4, -0.2) is 21.7 Å². The highest BCUT2D eigenvalue weighted by Gasteiger charge is 2.67. The minimum Gasteiger partial charge on any atom is -0.278 e. The van der Waals surface area contributed by atoms with Crippen LogP contribution in [0.5, 0.6) is 0 Å². The number of benzene rings is 1. The van der Waals surface area contributed by atoms with E-state index in [0.717, 1.165) is 11.6 Å². The molecule has 4 rings (SSSR count). The second kappa shape index (κ2) is 5.65. The molecule has 1 spiro atoms. The van der Waals surface area contributed by atoms with Crippen LogP contribution in [0.1, 0.15) is 35.6 Å². The van der Waals surface area contributed by atoms with E-state index in [1.165, 1.54) is 17.2 Å². The first kappa shape index (κ1) is 16.8. The summed E-state index contributed by atoms with van der Waals surface area (Å²) >= 11 is 0. The molecule has 0 bridgehead atoms. The fourth-order valence-electron chi connectivity index (χ4n) is 3.70. The van der Waals surface area contributed by atoms with Gasteiger partial charge in [-0.15, -0.1) is 0 Å². The van der Waals surface area contributed by atoms with Gasteiger partial charge in [0.05, 0.1) is 12.0 Å². The van der Waals surface area contributed by atoms with Crippen LogP contribution in [0, 0.1) is 5.41 Å². The number of carbonyl (C=O) groups is 2. The number of imide groups is 1. The lowest BCUT2D eigenvalue weighted by atomic mass is 9.98. The molecule has 2 amide bonds. The van der Waals surface area contributed by atoms with E-state index in [9.17, 15) is 22.8 Å². The predicted octanol–water partition coefficient (Wildman–Crippen LogP) is 3.53. The molecule has 7 heteroatoms. The molecule has 0 N–H and O–H groups in total. The quantitative estimate of drug-likeness (QED) is 0.787. The number of amides is 2. The molecule has 1 aliphatic carbocycles. The standard InChI is InChI=1S/C19H15F3N2O2/c20-19(21,22)15-7-6-13(10-23-15)14-8-18(14)9-16(25)24(17(18)26)11-12-4-2-1-3-5-12/h1-7,10,14H,8-9,11H2. The Morgan fingerprint density at radius 3 is 2.46 bits per heavy atom. The normalized spacial score (nSPS) is 25.2. The second-order valence-corrected chi connectivity index (χ2v) is 6.83. The van der Waals surface area contributed by atoms with Crippen molar-refractivity contribution in [1.29, 1.82) is 0 Å². The highest BCUT2D eigenvalue weighted by molar-refractivity contribution is 6.08. The van der Waals surface area contributed by atoms with Crippen LogP contribution in [0.15, 0.2) is 48.7 Å². The maximum absolute atomic E-state index is 12.8. The lowest BCUT2D eigenvalue weighted by Crippen LogP contribution is -2.30. The van der Waals surface area contributed by atoms with Crippen molar-refractivity contribution < 1.29 is 22.8 Å². The van der Waals surface area contributed by atoms with E-state index in [2.05, 4.69) is 4.98 Å². The summed E-state index contributed by atoms with van der Waals surface area (Å²) in [6.45, 7) is 0.220. The van der Waals surface area contributed by atoms with Gasteiger partial charge in [0.25, 0.3) is 0 Å². The van der Waals surface area contributed by atoms with E-state index in [0.29, 0.717) is 12.0 Å². The van der Waals surface area contributed by atoms with Crippen molar-refractivity contribution in [1.82, 2.24) is 9.88 Å². The number of alkyl halides is 3. The lowest BCUT2D eigenvalue weighted by Gasteiger charge is -2.15. The maximum Gasteiger partial charge on any atom is 0.433 e. The first-order valence-corrected chi connectivity index (χ1v) is 8.23. The number of pyridine rings is 1. The fourth-order valence-corrected chi connectivity index (χ4v) is 3.70. The lowest BCUT2D eigenvalue weighted by molar-refractivity contribution is -0.142. The molecule has 0 radical (unpaired) electrons. The molecule has 134 valence electrons. The third-order valence-corrected chi connectivity index (χ3v) is 5.18. The topological polar surface area (TPSA) is 50.3 Å². The number of hydrogen-bond donors (Lipinski definition) is 0. The predicted molar refractivity (Wildman–Crippen MR) is 85.6 cm³/mol. The summed E-state index contributed by atoms with van der Waals surface area (Å²) in [5, 5.41) is 0. The van der Waals surface area contributed by atoms with Crippen molar-refractivity contribution in [3.63, 3.8) is 0 Å². The highest BCUT2D eigenvalue weighted by Crippen LogP contribution is 2.65. The maximum atomic E-state index is 12.8. The smallest absolute Gasteiger partial charge is 0.278 e. The van der Waals surface area contributed by atoms with Gasteiger partial charge in [-0.25, -0.2) is 0 Å². The summed E-state index contributed by atoms with van der Waals surface area (Å²) in [5.41, 5.74) is -0.344. The molecule has 1 saturated heterocycles. The van der Waals surface area contributed by atoms with Crippen LogP contribution < -0.4 is 0 Å². The van der Waals surface area contributed by atoms with Crippen LogP contribution in [0.3, 0.4) is 0 Å². The van der Waals surface area contributed by atoms with Crippen LogP contribution in [0.2, 0.25) is 0 Å². The Kier molecular flexibility index (Phi) is 3.64. The van der Waals surface area contributed by atoms with Gasteiger partial charge in [0.15, 0.2) is 0 Å². The highest BCUT2D eigenvalue weighted by atomic mass is 19.4. The SMILES string of the molecule is O=C1CC2(CC2c2ccc(C(F)(F)F)nc2)C(=O)N1Cc1ccccc1. The number of aromatic nitrogens is 1. The van der Waals surface area contributed by atoms with Crippen molar-refractivity contribution in [3.8, 4) is 0 Å². The van der Waals surface area contributed by atoms with E-state index >= 15 is 0 Å². The van der Waals surface area contributed by atoms with Crippen molar-refractivity contribution in [2.45, 2.75) is 31.5 Å². The number of likely N-dealkylation sites (tertiary alicyclic amines) is 1. The Morgan fingerprint density at radius 1 is 1.12 bits per heavy atom. The summed E-state index contributed by atoms with van der Waals surface area (Å²) in [7, 11) is 0. The second-order valence-electron chi connectivity index (χ2n) is 6.83. The van der Waals surface area contributed by atoms with Crippen molar-refractivity contribution in [2.24, 2.45) is 5.41 Å². The summed E-state index contributed by atoms with van der Waals surface area (Å²) in [5.74, 6) is -0.730. The van der Waals surface area contributed by atoms with Gasteiger partial charge in [-0.1, -0.05) is 36.4 Å². The summed E-state index contributed by atoms with van der Waals surface area (Å²) < 4.78 is 37.9. The molecular formula is C19H15F3N2O2. The molecule has 1 aromatic heterocycles. The van der Waals surface area contributed by atoms with E-state index in [-0.39, 0.29) is 30.7 Å². The van der Waals surface area contributed by atoms with Gasteiger partial charge in [0.2, 0.25) is 11.8 Å². The molecule has 1 aromatic carbocycles. The zero-order valence-electron chi connectivity index (χ0n) is 13.7. The van der Waals surface area contributed by atoms with Crippen LogP contribution in [0.25, 0.3) is 0 Å².